The summed E-state index contributed by atoms with van der Waals surface area (Å²) in [5.74, 6) is -1.08. The standard InChI is InChI=1S/C15H11NO4/c17-15(18)14(10-11-4-2-1-3-5-11)12-6-8-13(9-7-12)16(19)20/h1-10H,(H,17,18). The Morgan fingerprint density at radius 2 is 1.65 bits per heavy atom. The summed E-state index contributed by atoms with van der Waals surface area (Å²) >= 11 is 0. The Hall–Kier alpha value is -2.95. The third-order valence-electron chi connectivity index (χ3n) is 2.73. The van der Waals surface area contributed by atoms with Crippen molar-refractivity contribution in [3.05, 3.63) is 75.8 Å². The molecule has 100 valence electrons. The molecule has 0 saturated carbocycles. The van der Waals surface area contributed by atoms with Crippen molar-refractivity contribution in [2.24, 2.45) is 0 Å². The van der Waals surface area contributed by atoms with Gasteiger partial charge >= 0.3 is 5.97 Å². The highest BCUT2D eigenvalue weighted by Gasteiger charge is 2.12. The van der Waals surface area contributed by atoms with Crippen molar-refractivity contribution in [3.8, 4) is 0 Å². The Morgan fingerprint density at radius 1 is 1.05 bits per heavy atom. The van der Waals surface area contributed by atoms with E-state index in [0.29, 0.717) is 5.56 Å². The molecule has 2 aromatic carbocycles. The average Bonchev–Trinajstić information content (AvgIpc) is 2.45. The zero-order valence-corrected chi connectivity index (χ0v) is 10.4. The molecular formula is C15H11NO4. The molecule has 0 atom stereocenters. The topological polar surface area (TPSA) is 80.4 Å². The number of nitro groups is 1. The number of carbonyl (C=O) groups is 1. The van der Waals surface area contributed by atoms with Crippen LogP contribution >= 0.6 is 0 Å². The van der Waals surface area contributed by atoms with E-state index in [2.05, 4.69) is 0 Å². The van der Waals surface area contributed by atoms with Crippen LogP contribution in [0.2, 0.25) is 0 Å². The van der Waals surface area contributed by atoms with Crippen molar-refractivity contribution in [2.45, 2.75) is 0 Å². The van der Waals surface area contributed by atoms with E-state index in [-0.39, 0.29) is 11.3 Å². The van der Waals surface area contributed by atoms with Gasteiger partial charge in [0.1, 0.15) is 0 Å². The van der Waals surface area contributed by atoms with Gasteiger partial charge in [0.15, 0.2) is 0 Å². The molecule has 0 aliphatic rings. The highest BCUT2D eigenvalue weighted by molar-refractivity contribution is 6.20. The van der Waals surface area contributed by atoms with E-state index in [1.54, 1.807) is 24.3 Å². The molecule has 20 heavy (non-hydrogen) atoms. The van der Waals surface area contributed by atoms with Crippen LogP contribution in [0.15, 0.2) is 54.6 Å². The minimum atomic E-state index is -1.08. The van der Waals surface area contributed by atoms with Gasteiger partial charge in [-0.1, -0.05) is 30.3 Å². The molecule has 1 N–H and O–H groups in total. The van der Waals surface area contributed by atoms with Gasteiger partial charge in [0.05, 0.1) is 10.5 Å². The zero-order valence-electron chi connectivity index (χ0n) is 10.4. The summed E-state index contributed by atoms with van der Waals surface area (Å²) in [4.78, 5) is 21.4. The molecule has 0 heterocycles. The van der Waals surface area contributed by atoms with Gasteiger partial charge in [0.25, 0.3) is 5.69 Å². The molecule has 0 amide bonds. The number of carboxylic acid groups (broad SMARTS) is 1. The third kappa shape index (κ3) is 3.08. The number of rotatable bonds is 4. The van der Waals surface area contributed by atoms with Crippen molar-refractivity contribution in [3.63, 3.8) is 0 Å². The summed E-state index contributed by atoms with van der Waals surface area (Å²) in [6.45, 7) is 0. The monoisotopic (exact) mass is 269 g/mol. The SMILES string of the molecule is O=C(O)C(=Cc1ccccc1)c1ccc([N+](=O)[O-])cc1. The minimum absolute atomic E-state index is 0.0711. The van der Waals surface area contributed by atoms with E-state index in [1.807, 2.05) is 6.07 Å². The number of benzene rings is 2. The summed E-state index contributed by atoms with van der Waals surface area (Å²) in [5, 5.41) is 19.8. The summed E-state index contributed by atoms with van der Waals surface area (Å²) in [6.07, 6.45) is 1.53. The molecule has 2 rings (SSSR count). The second-order valence-electron chi connectivity index (χ2n) is 4.08. The van der Waals surface area contributed by atoms with Crippen LogP contribution in [0.25, 0.3) is 11.6 Å². The van der Waals surface area contributed by atoms with Gasteiger partial charge in [-0.05, 0) is 29.3 Å². The maximum atomic E-state index is 11.3. The van der Waals surface area contributed by atoms with Crippen molar-refractivity contribution in [1.29, 1.82) is 0 Å². The van der Waals surface area contributed by atoms with Crippen LogP contribution in [-0.2, 0) is 4.79 Å². The van der Waals surface area contributed by atoms with E-state index in [9.17, 15) is 20.0 Å². The minimum Gasteiger partial charge on any atom is -0.478 e. The third-order valence-corrected chi connectivity index (χ3v) is 2.73. The van der Waals surface area contributed by atoms with E-state index < -0.39 is 10.9 Å². The van der Waals surface area contributed by atoms with E-state index >= 15 is 0 Å². The Kier molecular flexibility index (Phi) is 3.91. The van der Waals surface area contributed by atoms with Crippen molar-refractivity contribution < 1.29 is 14.8 Å². The lowest BCUT2D eigenvalue weighted by atomic mass is 10.0. The lowest BCUT2D eigenvalue weighted by molar-refractivity contribution is -0.384. The van der Waals surface area contributed by atoms with Crippen molar-refractivity contribution in [2.75, 3.05) is 0 Å². The Balaban J connectivity index is 2.41. The molecule has 0 fully saturated rings. The normalized spacial score (nSPS) is 11.1. The molecular weight excluding hydrogens is 258 g/mol. The molecule has 0 aliphatic carbocycles. The van der Waals surface area contributed by atoms with Gasteiger partial charge in [-0.15, -0.1) is 0 Å². The van der Waals surface area contributed by atoms with Crippen LogP contribution in [-0.4, -0.2) is 16.0 Å². The highest BCUT2D eigenvalue weighted by Crippen LogP contribution is 2.21. The van der Waals surface area contributed by atoms with Crippen LogP contribution in [0, 0.1) is 10.1 Å². The molecule has 5 nitrogen and oxygen atoms in total. The molecule has 0 saturated heterocycles. The molecule has 0 bridgehead atoms. The molecule has 0 unspecified atom stereocenters. The zero-order chi connectivity index (χ0) is 14.5. The van der Waals surface area contributed by atoms with Gasteiger partial charge in [0, 0.05) is 12.1 Å². The van der Waals surface area contributed by atoms with Crippen LogP contribution in [0.5, 0.6) is 0 Å². The van der Waals surface area contributed by atoms with Crippen LogP contribution in [0.3, 0.4) is 0 Å². The van der Waals surface area contributed by atoms with Gasteiger partial charge in [-0.25, -0.2) is 4.79 Å². The number of non-ortho nitro benzene ring substituents is 1. The lowest BCUT2D eigenvalue weighted by Gasteiger charge is -2.03. The molecule has 2 aromatic rings. The van der Waals surface area contributed by atoms with E-state index in [4.69, 9.17) is 0 Å². The first-order chi connectivity index (χ1) is 9.58. The van der Waals surface area contributed by atoms with Crippen molar-refractivity contribution >= 4 is 23.3 Å². The van der Waals surface area contributed by atoms with Gasteiger partial charge in [0.2, 0.25) is 0 Å². The number of hydrogen-bond donors (Lipinski definition) is 1. The van der Waals surface area contributed by atoms with Crippen molar-refractivity contribution in [1.82, 2.24) is 0 Å². The predicted molar refractivity (Wildman–Crippen MR) is 75.0 cm³/mol. The Labute approximate surface area is 115 Å². The largest absolute Gasteiger partial charge is 0.478 e. The predicted octanol–water partition coefficient (Wildman–Crippen LogP) is 3.22. The molecule has 0 aromatic heterocycles. The maximum absolute atomic E-state index is 11.3. The molecule has 0 aliphatic heterocycles. The first kappa shape index (κ1) is 13.5. The second-order valence-corrected chi connectivity index (χ2v) is 4.08. The number of nitrogens with zero attached hydrogens (tertiary/aromatic N) is 1. The first-order valence-electron chi connectivity index (χ1n) is 5.83. The fourth-order valence-corrected chi connectivity index (χ4v) is 1.75. The summed E-state index contributed by atoms with van der Waals surface area (Å²) in [7, 11) is 0. The molecule has 0 radical (unpaired) electrons. The number of aliphatic carboxylic acids is 1. The number of carboxylic acids is 1. The first-order valence-corrected chi connectivity index (χ1v) is 5.83. The number of nitro benzene ring substituents is 1. The van der Waals surface area contributed by atoms with Gasteiger partial charge < -0.3 is 5.11 Å². The summed E-state index contributed by atoms with van der Waals surface area (Å²) in [5.41, 5.74) is 1.19. The fraction of sp³-hybridized carbons (Fsp3) is 0. The quantitative estimate of drug-likeness (QED) is 0.400. The van der Waals surface area contributed by atoms with Gasteiger partial charge in [-0.3, -0.25) is 10.1 Å². The Bertz CT molecular complexity index is 660. The van der Waals surface area contributed by atoms with Gasteiger partial charge in [-0.2, -0.15) is 0 Å². The van der Waals surface area contributed by atoms with Crippen LogP contribution in [0.1, 0.15) is 11.1 Å². The van der Waals surface area contributed by atoms with E-state index in [0.717, 1.165) is 5.56 Å². The second kappa shape index (κ2) is 5.79. The van der Waals surface area contributed by atoms with Crippen LogP contribution in [0.4, 0.5) is 5.69 Å². The summed E-state index contributed by atoms with van der Waals surface area (Å²) in [6, 6.07) is 14.5. The number of hydrogen-bond acceptors (Lipinski definition) is 3. The Morgan fingerprint density at radius 3 is 2.15 bits per heavy atom. The maximum Gasteiger partial charge on any atom is 0.336 e. The molecule has 5 heteroatoms. The fourth-order valence-electron chi connectivity index (χ4n) is 1.75. The van der Waals surface area contributed by atoms with Crippen LogP contribution < -0.4 is 0 Å². The summed E-state index contributed by atoms with van der Waals surface area (Å²) < 4.78 is 0. The smallest absolute Gasteiger partial charge is 0.336 e. The average molecular weight is 269 g/mol. The lowest BCUT2D eigenvalue weighted by Crippen LogP contribution is -2.00. The van der Waals surface area contributed by atoms with E-state index in [1.165, 1.54) is 30.3 Å². The highest BCUT2D eigenvalue weighted by atomic mass is 16.6. The molecule has 0 spiro atoms.